The van der Waals surface area contributed by atoms with Crippen molar-refractivity contribution in [1.29, 1.82) is 0 Å². The third-order valence-electron chi connectivity index (χ3n) is 3.65. The quantitative estimate of drug-likeness (QED) is 0.820. The third kappa shape index (κ3) is 2.39. The monoisotopic (exact) mass is 320 g/mol. The minimum Gasteiger partial charge on any atom is -0.496 e. The maximum absolute atomic E-state index is 13.5. The second kappa shape index (κ2) is 4.97. The number of aryl methyl sites for hydroxylation is 2. The van der Waals surface area contributed by atoms with Gasteiger partial charge in [-0.25, -0.2) is 4.39 Å². The Morgan fingerprint density at radius 2 is 1.95 bits per heavy atom. The van der Waals surface area contributed by atoms with Crippen molar-refractivity contribution >= 4 is 15.9 Å². The van der Waals surface area contributed by atoms with Gasteiger partial charge in [-0.05, 0) is 57.1 Å². The molecular weight excluding hydrogens is 307 g/mol. The van der Waals surface area contributed by atoms with Crippen LogP contribution in [-0.4, -0.2) is 7.11 Å². The summed E-state index contributed by atoms with van der Waals surface area (Å²) in [4.78, 5) is 0. The van der Waals surface area contributed by atoms with Crippen LogP contribution in [0, 0.1) is 5.82 Å². The van der Waals surface area contributed by atoms with E-state index in [1.54, 1.807) is 13.2 Å². The maximum Gasteiger partial charge on any atom is 0.141 e. The second-order valence-electron chi connectivity index (χ2n) is 4.86. The van der Waals surface area contributed by atoms with Gasteiger partial charge in [0.15, 0.2) is 0 Å². The molecule has 0 atom stereocenters. The van der Waals surface area contributed by atoms with Gasteiger partial charge in [0.05, 0.1) is 11.6 Å². The first-order valence-electron chi connectivity index (χ1n) is 6.30. The summed E-state index contributed by atoms with van der Waals surface area (Å²) in [6.07, 6.45) is 3.13. The van der Waals surface area contributed by atoms with E-state index >= 15 is 0 Å². The Kier molecular flexibility index (Phi) is 3.31. The van der Waals surface area contributed by atoms with Gasteiger partial charge in [0.1, 0.15) is 11.6 Å². The number of halogens is 2. The highest BCUT2D eigenvalue weighted by Crippen LogP contribution is 2.30. The summed E-state index contributed by atoms with van der Waals surface area (Å²) in [5, 5.41) is 0. The highest BCUT2D eigenvalue weighted by atomic mass is 79.9. The molecule has 19 heavy (non-hydrogen) atoms. The van der Waals surface area contributed by atoms with E-state index in [1.165, 1.54) is 35.6 Å². The van der Waals surface area contributed by atoms with Gasteiger partial charge in [0.25, 0.3) is 0 Å². The smallest absolute Gasteiger partial charge is 0.141 e. The molecule has 0 N–H and O–H groups in total. The van der Waals surface area contributed by atoms with E-state index in [0.717, 1.165) is 12.0 Å². The van der Waals surface area contributed by atoms with Crippen molar-refractivity contribution in [1.82, 2.24) is 0 Å². The van der Waals surface area contributed by atoms with E-state index in [9.17, 15) is 4.39 Å². The first-order valence-corrected chi connectivity index (χ1v) is 7.09. The standard InChI is InChI=1S/C16H14BrFO/c1-19-16-9-15(18)14(17)8-13(16)7-10-2-3-11-4-5-12(11)6-10/h2-3,6,8-9H,4-5,7H2,1H3. The van der Waals surface area contributed by atoms with Gasteiger partial charge in [0, 0.05) is 12.5 Å². The van der Waals surface area contributed by atoms with E-state index in [1.807, 2.05) is 0 Å². The van der Waals surface area contributed by atoms with Crippen LogP contribution >= 0.6 is 15.9 Å². The molecule has 3 heteroatoms. The zero-order chi connectivity index (χ0) is 13.4. The summed E-state index contributed by atoms with van der Waals surface area (Å²) in [6.45, 7) is 0. The molecule has 3 rings (SSSR count). The largest absolute Gasteiger partial charge is 0.496 e. The fourth-order valence-corrected chi connectivity index (χ4v) is 2.87. The van der Waals surface area contributed by atoms with Crippen LogP contribution in [0.1, 0.15) is 22.3 Å². The van der Waals surface area contributed by atoms with Crippen molar-refractivity contribution in [2.75, 3.05) is 7.11 Å². The molecular formula is C16H14BrFO. The lowest BCUT2D eigenvalue weighted by Crippen LogP contribution is -2.08. The summed E-state index contributed by atoms with van der Waals surface area (Å²) >= 11 is 3.23. The summed E-state index contributed by atoms with van der Waals surface area (Å²) in [5.41, 5.74) is 5.14. The van der Waals surface area contributed by atoms with Gasteiger partial charge in [0.2, 0.25) is 0 Å². The normalized spacial score (nSPS) is 12.8. The Balaban J connectivity index is 1.93. The van der Waals surface area contributed by atoms with Crippen LogP contribution in [0.3, 0.4) is 0 Å². The number of ether oxygens (including phenoxy) is 1. The number of benzene rings is 2. The molecule has 1 aliphatic carbocycles. The average molecular weight is 321 g/mol. The predicted molar refractivity (Wildman–Crippen MR) is 77.3 cm³/mol. The molecule has 0 amide bonds. The molecule has 0 saturated heterocycles. The Hall–Kier alpha value is -1.35. The Morgan fingerprint density at radius 3 is 2.58 bits per heavy atom. The van der Waals surface area contributed by atoms with Crippen LogP contribution in [0.5, 0.6) is 5.75 Å². The number of rotatable bonds is 3. The molecule has 0 saturated carbocycles. The molecule has 0 bridgehead atoms. The van der Waals surface area contributed by atoms with Crippen LogP contribution < -0.4 is 4.74 Å². The molecule has 0 radical (unpaired) electrons. The lowest BCUT2D eigenvalue weighted by atomic mass is 9.86. The molecule has 2 aromatic carbocycles. The van der Waals surface area contributed by atoms with Crippen LogP contribution in [0.15, 0.2) is 34.8 Å². The molecule has 0 spiro atoms. The highest BCUT2D eigenvalue weighted by molar-refractivity contribution is 9.10. The van der Waals surface area contributed by atoms with Crippen LogP contribution in [0.2, 0.25) is 0 Å². The lowest BCUT2D eigenvalue weighted by molar-refractivity contribution is 0.406. The van der Waals surface area contributed by atoms with Gasteiger partial charge >= 0.3 is 0 Å². The molecule has 0 unspecified atom stereocenters. The van der Waals surface area contributed by atoms with Crippen molar-refractivity contribution in [3.05, 3.63) is 62.9 Å². The SMILES string of the molecule is COc1cc(F)c(Br)cc1Cc1ccc2c(c1)CC2. The van der Waals surface area contributed by atoms with E-state index in [-0.39, 0.29) is 5.82 Å². The lowest BCUT2D eigenvalue weighted by Gasteiger charge is -2.19. The minimum atomic E-state index is -0.294. The van der Waals surface area contributed by atoms with Gasteiger partial charge in [-0.2, -0.15) is 0 Å². The van der Waals surface area contributed by atoms with Crippen LogP contribution in [0.4, 0.5) is 4.39 Å². The zero-order valence-corrected chi connectivity index (χ0v) is 12.3. The van der Waals surface area contributed by atoms with Gasteiger partial charge in [-0.15, -0.1) is 0 Å². The fraction of sp³-hybridized carbons (Fsp3) is 0.250. The van der Waals surface area contributed by atoms with Crippen molar-refractivity contribution in [3.8, 4) is 5.75 Å². The first-order chi connectivity index (χ1) is 9.17. The van der Waals surface area contributed by atoms with Crippen LogP contribution in [-0.2, 0) is 19.3 Å². The topological polar surface area (TPSA) is 9.23 Å². The number of fused-ring (bicyclic) bond motifs is 1. The average Bonchev–Trinajstić information content (AvgIpc) is 2.37. The van der Waals surface area contributed by atoms with Crippen molar-refractivity contribution in [3.63, 3.8) is 0 Å². The summed E-state index contributed by atoms with van der Waals surface area (Å²) in [5.74, 6) is 0.307. The number of methoxy groups -OCH3 is 1. The van der Waals surface area contributed by atoms with E-state index in [2.05, 4.69) is 34.1 Å². The van der Waals surface area contributed by atoms with Gasteiger partial charge in [-0.1, -0.05) is 18.2 Å². The summed E-state index contributed by atoms with van der Waals surface area (Å²) in [6, 6.07) is 9.82. The maximum atomic E-state index is 13.5. The predicted octanol–water partition coefficient (Wildman–Crippen LogP) is 4.29. The molecule has 0 heterocycles. The Morgan fingerprint density at radius 1 is 1.16 bits per heavy atom. The third-order valence-corrected chi connectivity index (χ3v) is 4.26. The van der Waals surface area contributed by atoms with Crippen molar-refractivity contribution < 1.29 is 9.13 Å². The first kappa shape index (κ1) is 12.7. The van der Waals surface area contributed by atoms with E-state index < -0.39 is 0 Å². The van der Waals surface area contributed by atoms with Gasteiger partial charge in [-0.3, -0.25) is 0 Å². The second-order valence-corrected chi connectivity index (χ2v) is 5.71. The molecule has 98 valence electrons. The Bertz CT molecular complexity index is 637. The van der Waals surface area contributed by atoms with Crippen molar-refractivity contribution in [2.24, 2.45) is 0 Å². The molecule has 0 aliphatic heterocycles. The molecule has 0 aromatic heterocycles. The van der Waals surface area contributed by atoms with Crippen LogP contribution in [0.25, 0.3) is 0 Å². The highest BCUT2D eigenvalue weighted by Gasteiger charge is 2.14. The van der Waals surface area contributed by atoms with Crippen molar-refractivity contribution in [2.45, 2.75) is 19.3 Å². The summed E-state index contributed by atoms with van der Waals surface area (Å²) in [7, 11) is 1.57. The molecule has 1 aliphatic rings. The minimum absolute atomic E-state index is 0.294. The molecule has 1 nitrogen and oxygen atoms in total. The van der Waals surface area contributed by atoms with E-state index in [4.69, 9.17) is 4.74 Å². The van der Waals surface area contributed by atoms with E-state index in [0.29, 0.717) is 10.2 Å². The molecule has 0 fully saturated rings. The number of hydrogen-bond acceptors (Lipinski definition) is 1. The Labute approximate surface area is 120 Å². The summed E-state index contributed by atoms with van der Waals surface area (Å²) < 4.78 is 19.2. The zero-order valence-electron chi connectivity index (χ0n) is 10.7. The molecule has 2 aromatic rings. The number of hydrogen-bond donors (Lipinski definition) is 0. The fourth-order valence-electron chi connectivity index (χ4n) is 2.48. The van der Waals surface area contributed by atoms with Gasteiger partial charge < -0.3 is 4.74 Å².